The third-order valence-electron chi connectivity index (χ3n) is 7.94. The second kappa shape index (κ2) is 12.3. The van der Waals surface area contributed by atoms with E-state index in [0.29, 0.717) is 5.76 Å². The van der Waals surface area contributed by atoms with Crippen molar-refractivity contribution in [1.29, 1.82) is 0 Å². The predicted molar refractivity (Wildman–Crippen MR) is 175 cm³/mol. The molecule has 0 radical (unpaired) electrons. The van der Waals surface area contributed by atoms with Crippen LogP contribution in [0.4, 0.5) is 0 Å². The summed E-state index contributed by atoms with van der Waals surface area (Å²) in [5.41, 5.74) is 1.21. The van der Waals surface area contributed by atoms with Crippen molar-refractivity contribution in [3.8, 4) is 0 Å². The molecule has 1 N–H and O–H groups in total. The molecule has 2 nitrogen and oxygen atoms in total. The van der Waals surface area contributed by atoms with Crippen LogP contribution in [0.25, 0.3) is 0 Å². The minimum atomic E-state index is -3.14. The summed E-state index contributed by atoms with van der Waals surface area (Å²) in [6, 6.07) is 32.6. The molecule has 202 valence electrons. The molecule has 0 heterocycles. The number of hydrogen-bond acceptors (Lipinski definition) is 2. The number of rotatable bonds is 12. The number of methoxy groups -OCH3 is 1. The van der Waals surface area contributed by atoms with Crippen LogP contribution in [-0.2, 0) is 4.74 Å². The van der Waals surface area contributed by atoms with Crippen LogP contribution < -0.4 is 15.9 Å². The Morgan fingerprint density at radius 3 is 1.66 bits per heavy atom. The molecule has 0 aliphatic rings. The van der Waals surface area contributed by atoms with Crippen LogP contribution in [0.5, 0.6) is 0 Å². The van der Waals surface area contributed by atoms with Crippen molar-refractivity contribution in [3.63, 3.8) is 0 Å². The molecule has 0 saturated carbocycles. The Labute approximate surface area is 239 Å². The Morgan fingerprint density at radius 2 is 1.29 bits per heavy atom. The standard InChI is InChI=1S/C33H42BrO2PSi/c1-28(36-4)24-25-29(17-16-26-33(2,3)38(5,6)35)27-37(34,30-18-10-7-11-19-30,31-20-12-8-13-21-31)32-22-14-9-15-23-32/h7-15,17-25,35H,1,16,26-27H2,2-6H3/b25-24-,29-17+. The Kier molecular flexibility index (Phi) is 9.81. The van der Waals surface area contributed by atoms with E-state index in [1.54, 1.807) is 7.11 Å². The van der Waals surface area contributed by atoms with Gasteiger partial charge < -0.3 is 0 Å². The van der Waals surface area contributed by atoms with Crippen molar-refractivity contribution in [2.75, 3.05) is 13.3 Å². The monoisotopic (exact) mass is 608 g/mol. The van der Waals surface area contributed by atoms with Crippen LogP contribution in [0.3, 0.4) is 0 Å². The summed E-state index contributed by atoms with van der Waals surface area (Å²) in [5.74, 6) is 0.620. The van der Waals surface area contributed by atoms with Gasteiger partial charge in [-0.3, -0.25) is 0 Å². The van der Waals surface area contributed by atoms with Crippen LogP contribution in [0.2, 0.25) is 18.1 Å². The van der Waals surface area contributed by atoms with Crippen LogP contribution in [0, 0.1) is 0 Å². The van der Waals surface area contributed by atoms with E-state index in [9.17, 15) is 4.80 Å². The first kappa shape index (κ1) is 30.3. The zero-order valence-electron chi connectivity index (χ0n) is 23.4. The molecule has 3 aromatic carbocycles. The molecule has 0 aliphatic carbocycles. The van der Waals surface area contributed by atoms with Crippen molar-refractivity contribution in [1.82, 2.24) is 0 Å². The first-order chi connectivity index (χ1) is 17.9. The molecule has 0 amide bonds. The Morgan fingerprint density at radius 1 is 0.868 bits per heavy atom. The molecule has 0 spiro atoms. The fraction of sp³-hybridized carbons (Fsp3) is 0.273. The summed E-state index contributed by atoms with van der Waals surface area (Å²) in [7, 11) is -0.653. The van der Waals surface area contributed by atoms with Gasteiger partial charge in [0.25, 0.3) is 0 Å². The SMILES string of the molecule is C=C(/C=C\C(=C/CCC(C)(C)[Si](C)(C)O)CP(Br)(c1ccccc1)(c1ccccc1)c1ccccc1)OC. The van der Waals surface area contributed by atoms with Gasteiger partial charge in [-0.25, -0.2) is 0 Å². The molecule has 0 saturated heterocycles. The summed E-state index contributed by atoms with van der Waals surface area (Å²) in [6.07, 6.45) is 9.04. The number of benzene rings is 3. The van der Waals surface area contributed by atoms with Gasteiger partial charge in [0.2, 0.25) is 0 Å². The Balaban J connectivity index is 2.25. The molecule has 3 aromatic rings. The van der Waals surface area contributed by atoms with E-state index < -0.39 is 13.6 Å². The average Bonchev–Trinajstić information content (AvgIpc) is 2.92. The molecular weight excluding hydrogens is 567 g/mol. The Hall–Kier alpha value is -2.23. The van der Waals surface area contributed by atoms with E-state index in [4.69, 9.17) is 4.74 Å². The summed E-state index contributed by atoms with van der Waals surface area (Å²) >= 11 is 4.57. The van der Waals surface area contributed by atoms with Crippen LogP contribution in [0.15, 0.2) is 127 Å². The average molecular weight is 610 g/mol. The summed E-state index contributed by atoms with van der Waals surface area (Å²) in [6.45, 7) is 12.5. The molecule has 0 aromatic heterocycles. The first-order valence-electron chi connectivity index (χ1n) is 13.1. The summed E-state index contributed by atoms with van der Waals surface area (Å²) in [4.78, 5) is 10.9. The number of hydrogen-bond donors (Lipinski definition) is 1. The van der Waals surface area contributed by atoms with Gasteiger partial charge in [0.1, 0.15) is 0 Å². The van der Waals surface area contributed by atoms with Crippen molar-refractivity contribution < 1.29 is 9.53 Å². The minimum absolute atomic E-state index is 0.0906. The van der Waals surface area contributed by atoms with Gasteiger partial charge in [0.05, 0.1) is 0 Å². The van der Waals surface area contributed by atoms with Crippen molar-refractivity contribution in [2.24, 2.45) is 0 Å². The number of halogens is 1. The predicted octanol–water partition coefficient (Wildman–Crippen LogP) is 8.23. The van der Waals surface area contributed by atoms with Crippen molar-refractivity contribution in [3.05, 3.63) is 127 Å². The van der Waals surface area contributed by atoms with Crippen LogP contribution in [-0.4, -0.2) is 26.4 Å². The van der Waals surface area contributed by atoms with Gasteiger partial charge in [-0.15, -0.1) is 0 Å². The third-order valence-corrected chi connectivity index (χ3v) is 21.0. The van der Waals surface area contributed by atoms with E-state index in [1.165, 1.54) is 21.5 Å². The maximum atomic E-state index is 10.9. The zero-order chi connectivity index (χ0) is 27.9. The van der Waals surface area contributed by atoms with Crippen LogP contribution >= 0.6 is 20.8 Å². The number of allylic oxidation sites excluding steroid dienone is 4. The van der Waals surface area contributed by atoms with Crippen molar-refractivity contribution in [2.45, 2.75) is 44.8 Å². The second-order valence-electron chi connectivity index (χ2n) is 11.1. The Bertz CT molecular complexity index is 1160. The fourth-order valence-corrected chi connectivity index (χ4v) is 13.2. The van der Waals surface area contributed by atoms with Crippen LogP contribution in [0.1, 0.15) is 26.7 Å². The van der Waals surface area contributed by atoms with Gasteiger partial charge in [-0.05, 0) is 0 Å². The quantitative estimate of drug-likeness (QED) is 0.0971. The molecule has 38 heavy (non-hydrogen) atoms. The van der Waals surface area contributed by atoms with E-state index in [-0.39, 0.29) is 5.04 Å². The van der Waals surface area contributed by atoms with Gasteiger partial charge in [-0.2, -0.15) is 0 Å². The first-order valence-corrected chi connectivity index (χ1v) is 20.5. The summed E-state index contributed by atoms with van der Waals surface area (Å²) < 4.78 is 5.38. The number of ether oxygens (including phenoxy) is 1. The van der Waals surface area contributed by atoms with Gasteiger partial charge in [0.15, 0.2) is 0 Å². The van der Waals surface area contributed by atoms with E-state index in [0.717, 1.165) is 19.0 Å². The third kappa shape index (κ3) is 6.49. The molecule has 0 aliphatic heterocycles. The summed E-state index contributed by atoms with van der Waals surface area (Å²) in [5, 5.41) is 0.613. The van der Waals surface area contributed by atoms with Crippen molar-refractivity contribution >= 4 is 45.0 Å². The van der Waals surface area contributed by atoms with E-state index in [1.807, 2.05) is 19.2 Å². The molecule has 5 heteroatoms. The molecule has 0 bridgehead atoms. The maximum absolute atomic E-state index is 10.9. The molecule has 0 unspecified atom stereocenters. The van der Waals surface area contributed by atoms with E-state index >= 15 is 0 Å². The normalized spacial score (nSPS) is 14.2. The molecule has 0 atom stereocenters. The topological polar surface area (TPSA) is 29.5 Å². The fourth-order valence-electron chi connectivity index (χ4n) is 4.66. The molecular formula is C33H42BrO2PSi. The van der Waals surface area contributed by atoms with Gasteiger partial charge in [0, 0.05) is 0 Å². The molecule has 3 rings (SSSR count). The second-order valence-corrected chi connectivity index (χ2v) is 24.5. The van der Waals surface area contributed by atoms with Gasteiger partial charge >= 0.3 is 240 Å². The molecule has 0 fully saturated rings. The van der Waals surface area contributed by atoms with Gasteiger partial charge in [-0.1, -0.05) is 0 Å². The zero-order valence-corrected chi connectivity index (χ0v) is 26.9. The van der Waals surface area contributed by atoms with E-state index in [2.05, 4.69) is 139 Å².